The number of quaternary nitrogens is 1. The Morgan fingerprint density at radius 3 is 1.60 bits per heavy atom. The zero-order valence-corrected chi connectivity index (χ0v) is 10.5. The van der Waals surface area contributed by atoms with Crippen LogP contribution in [-0.2, 0) is 0 Å². The van der Waals surface area contributed by atoms with E-state index in [-0.39, 0.29) is 23.1 Å². The fourth-order valence-corrected chi connectivity index (χ4v) is 0.548. The highest BCUT2D eigenvalue weighted by Gasteiger charge is 2.16. The molecule has 0 aliphatic rings. The summed E-state index contributed by atoms with van der Waals surface area (Å²) in [7, 11) is 6.55. The second-order valence-corrected chi connectivity index (χ2v) is 4.02. The normalized spacial score (nSPS) is 12.9. The third-order valence-corrected chi connectivity index (χ3v) is 3.05. The molecule has 0 aliphatic heterocycles. The Bertz CT molecular complexity index is 70.6. The molecule has 66 valence electrons. The highest BCUT2D eigenvalue weighted by atomic mass is 79.9. The van der Waals surface area contributed by atoms with Gasteiger partial charge in [-0.2, -0.15) is 0 Å². The zero-order chi connectivity index (χ0) is 6.78. The van der Waals surface area contributed by atoms with E-state index in [0.29, 0.717) is 4.95 Å². The van der Waals surface area contributed by atoms with Gasteiger partial charge in [-0.3, -0.25) is 0 Å². The van der Waals surface area contributed by atoms with Gasteiger partial charge >= 0.3 is 0 Å². The lowest BCUT2D eigenvalue weighted by atomic mass is 10.4. The van der Waals surface area contributed by atoms with Crippen LogP contribution in [0.2, 0.25) is 0 Å². The summed E-state index contributed by atoms with van der Waals surface area (Å²) in [6.07, 6.45) is 1.18. The fraction of sp³-hybridized carbons (Fsp3) is 1.00. The molecule has 4 heteroatoms. The summed E-state index contributed by atoms with van der Waals surface area (Å²) >= 11 is 3.57. The fourth-order valence-electron chi connectivity index (χ4n) is 0.548. The molecule has 0 bridgehead atoms. The summed E-state index contributed by atoms with van der Waals surface area (Å²) in [5.41, 5.74) is 0. The molecule has 0 heterocycles. The summed E-state index contributed by atoms with van der Waals surface area (Å²) in [6.45, 7) is 2.18. The lowest BCUT2D eigenvalue weighted by Gasteiger charge is -2.28. The average Bonchev–Trinajstić information content (AvgIpc) is 1.62. The van der Waals surface area contributed by atoms with E-state index in [0.717, 1.165) is 4.48 Å². The second kappa shape index (κ2) is 6.58. The van der Waals surface area contributed by atoms with Gasteiger partial charge in [0.05, 0.1) is 21.1 Å². The first-order chi connectivity index (χ1) is 3.48. The highest BCUT2D eigenvalue weighted by Crippen LogP contribution is 2.12. The van der Waals surface area contributed by atoms with Gasteiger partial charge in [-0.1, -0.05) is 6.92 Å². The van der Waals surface area contributed by atoms with Gasteiger partial charge in [0.2, 0.25) is 0 Å². The van der Waals surface area contributed by atoms with E-state index in [1.807, 2.05) is 0 Å². The summed E-state index contributed by atoms with van der Waals surface area (Å²) in [4.78, 5) is 0.600. The van der Waals surface area contributed by atoms with Gasteiger partial charge in [-0.05, 0) is 15.9 Å². The minimum Gasteiger partial charge on any atom is -0.344 e. The molecule has 0 amide bonds. The molecule has 1 atom stereocenters. The van der Waals surface area contributed by atoms with Crippen LogP contribution < -0.4 is 6.15 Å². The summed E-state index contributed by atoms with van der Waals surface area (Å²) in [5.74, 6) is 0. The Hall–Kier alpha value is 0.880. The van der Waals surface area contributed by atoms with Crippen LogP contribution in [0.25, 0.3) is 0 Å². The van der Waals surface area contributed by atoms with Crippen LogP contribution in [0.3, 0.4) is 0 Å². The third-order valence-electron chi connectivity index (χ3n) is 1.18. The van der Waals surface area contributed by atoms with Gasteiger partial charge in [0, 0.05) is 6.42 Å². The molecule has 2 nitrogen and oxygen atoms in total. The van der Waals surface area contributed by atoms with Crippen LogP contribution in [0.15, 0.2) is 0 Å². The maximum atomic E-state index is 3.57. The second-order valence-electron chi connectivity index (χ2n) is 2.96. The van der Waals surface area contributed by atoms with E-state index in [9.17, 15) is 0 Å². The van der Waals surface area contributed by atoms with E-state index in [1.165, 1.54) is 6.42 Å². The predicted octanol–water partition coefficient (Wildman–Crippen LogP) is 2.56. The van der Waals surface area contributed by atoms with E-state index >= 15 is 0 Å². The maximum absolute atomic E-state index is 3.57. The van der Waals surface area contributed by atoms with Crippen molar-refractivity contribution in [2.24, 2.45) is 0 Å². The Morgan fingerprint density at radius 1 is 1.30 bits per heavy atom. The Balaban J connectivity index is -0.000000245. The van der Waals surface area contributed by atoms with Crippen molar-refractivity contribution in [3.05, 3.63) is 0 Å². The molecule has 0 aromatic carbocycles. The van der Waals surface area contributed by atoms with Crippen LogP contribution >= 0.6 is 32.9 Å². The lowest BCUT2D eigenvalue weighted by Crippen LogP contribution is -2.40. The number of nitrogens with zero attached hydrogens (tertiary/aromatic N) is 1. The largest absolute Gasteiger partial charge is 0.344 e. The van der Waals surface area contributed by atoms with E-state index < -0.39 is 0 Å². The number of rotatable bonds is 2. The van der Waals surface area contributed by atoms with Gasteiger partial charge in [0.15, 0.2) is 0 Å². The monoisotopic (exact) mass is 277 g/mol. The Morgan fingerprint density at radius 2 is 1.60 bits per heavy atom. The molecule has 0 saturated carbocycles. The van der Waals surface area contributed by atoms with Crippen molar-refractivity contribution in [1.82, 2.24) is 6.15 Å². The van der Waals surface area contributed by atoms with Crippen molar-refractivity contribution in [3.63, 3.8) is 0 Å². The van der Waals surface area contributed by atoms with Crippen LogP contribution in [0, 0.1) is 0 Å². The van der Waals surface area contributed by atoms with Crippen LogP contribution in [-0.4, -0.2) is 30.6 Å². The Labute approximate surface area is 83.0 Å². The van der Waals surface area contributed by atoms with Crippen LogP contribution in [0.1, 0.15) is 13.3 Å². The minimum atomic E-state index is 0. The molecule has 0 aromatic rings. The molecule has 0 radical (unpaired) electrons. The number of halogens is 2. The SMILES string of the molecule is Br.CCC(Br)[N+](C)(C)C.N. The number of hydrogen-bond acceptors (Lipinski definition) is 1. The van der Waals surface area contributed by atoms with Gasteiger partial charge in [-0.15, -0.1) is 17.0 Å². The highest BCUT2D eigenvalue weighted by molar-refractivity contribution is 9.09. The molecule has 1 unspecified atom stereocenters. The quantitative estimate of drug-likeness (QED) is 0.470. The van der Waals surface area contributed by atoms with Crippen molar-refractivity contribution in [2.45, 2.75) is 18.3 Å². The molecule has 0 aliphatic carbocycles. The van der Waals surface area contributed by atoms with E-state index in [1.54, 1.807) is 0 Å². The first-order valence-corrected chi connectivity index (χ1v) is 3.85. The summed E-state index contributed by atoms with van der Waals surface area (Å²) < 4.78 is 0.997. The molecular weight excluding hydrogens is 260 g/mol. The molecule has 0 spiro atoms. The number of hydrogen-bond donors (Lipinski definition) is 1. The van der Waals surface area contributed by atoms with Crippen LogP contribution in [0.4, 0.5) is 0 Å². The molecule has 0 fully saturated rings. The molecule has 10 heavy (non-hydrogen) atoms. The average molecular weight is 279 g/mol. The summed E-state index contributed by atoms with van der Waals surface area (Å²) in [5, 5.41) is 0. The third kappa shape index (κ3) is 6.99. The van der Waals surface area contributed by atoms with Gasteiger partial charge in [0.1, 0.15) is 4.95 Å². The molecule has 0 aromatic heterocycles. The Kier molecular flexibility index (Phi) is 11.3. The summed E-state index contributed by atoms with van der Waals surface area (Å²) in [6, 6.07) is 0. The van der Waals surface area contributed by atoms with Crippen molar-refractivity contribution in [3.8, 4) is 0 Å². The molecule has 0 rings (SSSR count). The first kappa shape index (κ1) is 17.1. The predicted molar refractivity (Wildman–Crippen MR) is 56.4 cm³/mol. The van der Waals surface area contributed by atoms with Gasteiger partial charge in [-0.25, -0.2) is 0 Å². The van der Waals surface area contributed by atoms with Crippen molar-refractivity contribution in [1.29, 1.82) is 0 Å². The van der Waals surface area contributed by atoms with Gasteiger partial charge in [0.25, 0.3) is 0 Å². The van der Waals surface area contributed by atoms with Crippen molar-refractivity contribution in [2.75, 3.05) is 21.1 Å². The maximum Gasteiger partial charge on any atom is 0.143 e. The van der Waals surface area contributed by atoms with Crippen molar-refractivity contribution >= 4 is 32.9 Å². The minimum absolute atomic E-state index is 0. The molecular formula is C6H19Br2N2+. The molecule has 0 saturated heterocycles. The van der Waals surface area contributed by atoms with Gasteiger partial charge < -0.3 is 10.6 Å². The smallest absolute Gasteiger partial charge is 0.143 e. The lowest BCUT2D eigenvalue weighted by molar-refractivity contribution is -0.879. The number of alkyl halides is 1. The van der Waals surface area contributed by atoms with E-state index in [4.69, 9.17) is 0 Å². The topological polar surface area (TPSA) is 35.0 Å². The molecule has 3 N–H and O–H groups in total. The standard InChI is InChI=1S/C6H15BrN.BrH.H3N/c1-5-6(7)8(2,3)4;;/h6H,5H2,1-4H3;1H;1H3/q+1;;. The van der Waals surface area contributed by atoms with E-state index in [2.05, 4.69) is 44.0 Å². The van der Waals surface area contributed by atoms with Crippen molar-refractivity contribution < 1.29 is 4.48 Å². The van der Waals surface area contributed by atoms with Crippen LogP contribution in [0.5, 0.6) is 0 Å². The zero-order valence-electron chi connectivity index (χ0n) is 7.22. The first-order valence-electron chi connectivity index (χ1n) is 2.93.